The molecule has 8 heterocycles. The molecule has 2 aliphatic heterocycles. The van der Waals surface area contributed by atoms with Crippen LogP contribution in [0.15, 0.2) is 96.1 Å². The van der Waals surface area contributed by atoms with Crippen molar-refractivity contribution in [2.75, 3.05) is 36.0 Å². The van der Waals surface area contributed by atoms with Crippen LogP contribution in [0.25, 0.3) is 44.7 Å². The maximum atomic E-state index is 15.2. The van der Waals surface area contributed by atoms with Crippen LogP contribution < -0.4 is 26.6 Å². The molecule has 0 unspecified atom stereocenters. The largest absolute Gasteiger partial charge is 0.508 e. The Kier molecular flexibility index (Phi) is 17.7. The second kappa shape index (κ2) is 25.5. The lowest BCUT2D eigenvalue weighted by Crippen LogP contribution is -2.58. The first-order valence-electron chi connectivity index (χ1n) is 30.4. The van der Waals surface area contributed by atoms with Gasteiger partial charge in [0.25, 0.3) is 0 Å². The third kappa shape index (κ3) is 12.3. The number of aromatic hydroxyl groups is 2. The number of rotatable bonds is 12. The molecule has 8 aromatic rings. The van der Waals surface area contributed by atoms with Crippen LogP contribution >= 0.6 is 34.8 Å². The molecule has 22 nitrogen and oxygen atoms in total. The number of fused-ring (bicyclic) bond motifs is 2. The van der Waals surface area contributed by atoms with Gasteiger partial charge in [-0.25, -0.2) is 57.4 Å². The Labute approximate surface area is 541 Å². The molecule has 92 heavy (non-hydrogen) atoms. The Morgan fingerprint density at radius 2 is 0.967 bits per heavy atom. The molecule has 4 N–H and O–H groups in total. The molecular formula is C64H64BCl3F2N14O8. The average molecular weight is 1310 g/mol. The second-order valence-electron chi connectivity index (χ2n) is 24.3. The van der Waals surface area contributed by atoms with E-state index in [2.05, 4.69) is 48.0 Å². The van der Waals surface area contributed by atoms with E-state index in [1.807, 2.05) is 37.5 Å². The van der Waals surface area contributed by atoms with Crippen molar-refractivity contribution in [1.82, 2.24) is 58.8 Å². The van der Waals surface area contributed by atoms with Crippen LogP contribution in [0.1, 0.15) is 126 Å². The van der Waals surface area contributed by atoms with Crippen molar-refractivity contribution in [1.29, 1.82) is 0 Å². The minimum Gasteiger partial charge on any atom is -0.508 e. The summed E-state index contributed by atoms with van der Waals surface area (Å²) in [5.74, 6) is -0.814. The van der Waals surface area contributed by atoms with E-state index in [0.717, 1.165) is 80.2 Å². The van der Waals surface area contributed by atoms with Crippen LogP contribution in [-0.4, -0.2) is 148 Å². The number of carbonyl (C=O) groups is 2. The van der Waals surface area contributed by atoms with Gasteiger partial charge in [0.05, 0.1) is 71.7 Å². The van der Waals surface area contributed by atoms with Crippen LogP contribution in [0.5, 0.6) is 11.5 Å². The van der Waals surface area contributed by atoms with Gasteiger partial charge in [-0.3, -0.25) is 9.59 Å². The lowest BCUT2D eigenvalue weighted by Gasteiger charge is -2.44. The van der Waals surface area contributed by atoms with Crippen LogP contribution in [0.2, 0.25) is 15.2 Å². The summed E-state index contributed by atoms with van der Waals surface area (Å²) in [7, 11) is -1.98. The topological polar surface area (TPSA) is 275 Å². The van der Waals surface area contributed by atoms with Gasteiger partial charge in [0, 0.05) is 74.0 Å². The summed E-state index contributed by atoms with van der Waals surface area (Å²) in [5.41, 5.74) is 3.43. The first kappa shape index (κ1) is 63.7. The van der Waals surface area contributed by atoms with E-state index >= 15 is 4.39 Å². The quantitative estimate of drug-likeness (QED) is 0.0506. The highest BCUT2D eigenvalue weighted by Gasteiger charge is 2.41. The number of hydrogen-bond acceptors (Lipinski definition) is 18. The average Bonchev–Trinajstić information content (AvgIpc) is 1.15. The highest BCUT2D eigenvalue weighted by molar-refractivity contribution is 6.59. The lowest BCUT2D eigenvalue weighted by atomic mass is 9.79. The molecule has 28 heteroatoms. The van der Waals surface area contributed by atoms with Crippen molar-refractivity contribution < 1.29 is 38.6 Å². The molecule has 476 valence electrons. The van der Waals surface area contributed by atoms with Crippen LogP contribution in [0, 0.1) is 11.6 Å². The number of aromatic nitrogens is 10. The smallest absolute Gasteiger partial charge is 0.495 e. The summed E-state index contributed by atoms with van der Waals surface area (Å²) < 4.78 is 30.8. The highest BCUT2D eigenvalue weighted by Crippen LogP contribution is 2.50. The zero-order valence-corrected chi connectivity index (χ0v) is 52.9. The number of halogens is 5. The Morgan fingerprint density at radius 1 is 0.565 bits per heavy atom. The Morgan fingerprint density at radius 3 is 1.35 bits per heavy atom. The van der Waals surface area contributed by atoms with Gasteiger partial charge < -0.3 is 39.9 Å². The molecule has 2 aromatic carbocycles. The molecule has 4 aliphatic carbocycles. The van der Waals surface area contributed by atoms with Gasteiger partial charge in [0.1, 0.15) is 52.6 Å². The number of piperazine rings is 2. The predicted octanol–water partition coefficient (Wildman–Crippen LogP) is 8.56. The van der Waals surface area contributed by atoms with E-state index in [1.54, 1.807) is 34.6 Å². The minimum atomic E-state index is -1.98. The summed E-state index contributed by atoms with van der Waals surface area (Å²) in [6.45, 7) is 16.9. The minimum absolute atomic E-state index is 0.000626. The van der Waals surface area contributed by atoms with Crippen molar-refractivity contribution in [3.05, 3.63) is 157 Å². The molecular weight excluding hydrogens is 1250 g/mol. The first-order valence-corrected chi connectivity index (χ1v) is 31.5. The van der Waals surface area contributed by atoms with E-state index < -0.39 is 41.3 Å². The van der Waals surface area contributed by atoms with Gasteiger partial charge in [0.15, 0.2) is 11.3 Å². The molecule has 2 saturated heterocycles. The third-order valence-electron chi connectivity index (χ3n) is 17.6. The number of benzene rings is 2. The van der Waals surface area contributed by atoms with Crippen LogP contribution in [0.4, 0.5) is 20.4 Å². The van der Waals surface area contributed by atoms with Crippen molar-refractivity contribution in [2.45, 2.75) is 127 Å². The van der Waals surface area contributed by atoms with E-state index in [-0.39, 0.29) is 97.5 Å². The van der Waals surface area contributed by atoms with Crippen molar-refractivity contribution in [3.63, 3.8) is 0 Å². The number of phenolic OH excluding ortho intramolecular Hbond substituents is 2. The number of amides is 2. The fourth-order valence-electron chi connectivity index (χ4n) is 12.3. The standard InChI is InChI=1S/C32H31ClFN7O3.C26H27Cl2N7O2.C6H6BFO3/c1-4-24(43)39-13-17(3)40(14-16(39)2)30-20-12-21(33)28(25-22(34)6-5-7-23(25)42)37-31(20)41(32(44)38-30)29-26(18-8-9-18)35-15-36-27(29)19-10-11-19;1-4-19(36)33-10-14(3)34(11-13(33)2)24-17-9-18(27)23(28)31-25(17)35(26(37)32-24)22-20(15-5-6-15)29-12-30-21(22)16-7-8-16;8-4-2-1-3-5(9)6(4)7(10)11/h4-7,12,15-19,42H,1,8-11,13-14H2,2-3H3;4,9,12-16H,1,5-8,10-11H2,2-3H3;1-3,9-11H/t16-,17+;13-,14+;/m11./s1. The number of nitrogens with zero attached hydrogens (tertiary/aromatic N) is 14. The fourth-order valence-corrected chi connectivity index (χ4v) is 12.9. The lowest BCUT2D eigenvalue weighted by molar-refractivity contribution is -0.129. The summed E-state index contributed by atoms with van der Waals surface area (Å²) in [4.78, 5) is 97.7. The zero-order chi connectivity index (χ0) is 65.3. The normalized spacial score (nSPS) is 19.7. The number of pyridine rings is 2. The number of hydrogen-bond donors (Lipinski definition) is 4. The van der Waals surface area contributed by atoms with Gasteiger partial charge >= 0.3 is 18.5 Å². The Balaban J connectivity index is 0.000000154. The summed E-state index contributed by atoms with van der Waals surface area (Å²) in [6, 6.07) is 10.2. The summed E-state index contributed by atoms with van der Waals surface area (Å²) >= 11 is 19.7. The molecule has 0 bridgehead atoms. The first-order chi connectivity index (χ1) is 44.1. The second-order valence-corrected chi connectivity index (χ2v) is 25.5. The molecule has 6 aromatic heterocycles. The molecule has 2 amide bonds. The van der Waals surface area contributed by atoms with E-state index in [1.165, 1.54) is 51.6 Å². The SMILES string of the molecule is C=CC(=O)N1C[C@H](C)N(c2nc(=O)n(-c3c(C4CC4)ncnc3C3CC3)c3nc(-c4c(O)cccc4F)c(Cl)cc23)C[C@H]1C.C=CC(=O)N1C[C@H](C)N(c2nc(=O)n(-c3c(C4CC4)ncnc3C3CC3)c3nc(Cl)c(Cl)cc23)C[C@H]1C.OB(O)c1c(O)cccc1F. The molecule has 6 fully saturated rings. The molecule has 6 aliphatic rings. The Bertz CT molecular complexity index is 4330. The Hall–Kier alpha value is -8.49. The highest BCUT2D eigenvalue weighted by atomic mass is 35.5. The molecule has 4 saturated carbocycles. The van der Waals surface area contributed by atoms with Crippen molar-refractivity contribution in [3.8, 4) is 34.1 Å². The van der Waals surface area contributed by atoms with Gasteiger partial charge in [-0.2, -0.15) is 9.97 Å². The fraction of sp³-hybridized carbons (Fsp3) is 0.375. The van der Waals surface area contributed by atoms with E-state index in [0.29, 0.717) is 65.6 Å². The summed E-state index contributed by atoms with van der Waals surface area (Å²) in [5, 5.41) is 38.2. The third-order valence-corrected chi connectivity index (χ3v) is 18.5. The van der Waals surface area contributed by atoms with Crippen LogP contribution in [0.3, 0.4) is 0 Å². The monoisotopic (exact) mass is 1310 g/mol. The van der Waals surface area contributed by atoms with Gasteiger partial charge in [0.2, 0.25) is 11.8 Å². The number of phenols is 2. The van der Waals surface area contributed by atoms with Gasteiger partial charge in [-0.05, 0) is 128 Å². The molecule has 4 atom stereocenters. The summed E-state index contributed by atoms with van der Waals surface area (Å²) in [6.07, 6.45) is 13.7. The van der Waals surface area contributed by atoms with Crippen molar-refractivity contribution in [2.24, 2.45) is 0 Å². The maximum Gasteiger partial charge on any atom is 0.495 e. The number of carbonyl (C=O) groups excluding carboxylic acids is 2. The van der Waals surface area contributed by atoms with Crippen LogP contribution in [-0.2, 0) is 9.59 Å². The van der Waals surface area contributed by atoms with Gasteiger partial charge in [-0.15, -0.1) is 0 Å². The maximum absolute atomic E-state index is 15.2. The number of anilines is 2. The van der Waals surface area contributed by atoms with E-state index in [4.69, 9.17) is 54.9 Å². The van der Waals surface area contributed by atoms with E-state index in [9.17, 15) is 28.7 Å². The predicted molar refractivity (Wildman–Crippen MR) is 346 cm³/mol. The molecule has 0 spiro atoms. The van der Waals surface area contributed by atoms with Gasteiger partial charge in [-0.1, -0.05) is 60.1 Å². The molecule has 14 rings (SSSR count). The molecule has 0 radical (unpaired) electrons. The zero-order valence-electron chi connectivity index (χ0n) is 50.6. The van der Waals surface area contributed by atoms with Crippen molar-refractivity contribution >= 4 is 92.9 Å².